The van der Waals surface area contributed by atoms with E-state index in [1.807, 2.05) is 48.5 Å². The lowest BCUT2D eigenvalue weighted by atomic mass is 9.93. The molecule has 1 nitrogen and oxygen atoms in total. The van der Waals surface area contributed by atoms with E-state index < -0.39 is 0 Å². The van der Waals surface area contributed by atoms with Crippen LogP contribution in [0.4, 0.5) is 0 Å². The molecule has 112 valence electrons. The standard InChI is InChI=1S/C18H19ClO.H4Si/c1-2-6-15(13-14-19)16-9-11-18(12-10-16)20-17-7-4-3-5-8-17;/h2-5,7-12,15H,1,6,13-14H2;1H4. The van der Waals surface area contributed by atoms with Crippen LogP contribution in [-0.4, -0.2) is 16.8 Å². The first-order valence-electron chi connectivity index (χ1n) is 6.83. The summed E-state index contributed by atoms with van der Waals surface area (Å²) >= 11 is 5.86. The van der Waals surface area contributed by atoms with E-state index in [4.69, 9.17) is 16.3 Å². The second-order valence-corrected chi connectivity index (χ2v) is 5.06. The summed E-state index contributed by atoms with van der Waals surface area (Å²) in [5.74, 6) is 2.81. The number of ether oxygens (including phenoxy) is 1. The van der Waals surface area contributed by atoms with Gasteiger partial charge in [-0.15, -0.1) is 18.2 Å². The van der Waals surface area contributed by atoms with Gasteiger partial charge in [0.05, 0.1) is 0 Å². The summed E-state index contributed by atoms with van der Waals surface area (Å²) in [7, 11) is 0. The Kier molecular flexibility index (Phi) is 7.87. The van der Waals surface area contributed by atoms with Crippen LogP contribution < -0.4 is 4.74 Å². The molecule has 0 saturated carbocycles. The molecule has 0 N–H and O–H groups in total. The minimum absolute atomic E-state index is 0. The van der Waals surface area contributed by atoms with E-state index in [-0.39, 0.29) is 11.0 Å². The highest BCUT2D eigenvalue weighted by Crippen LogP contribution is 2.28. The van der Waals surface area contributed by atoms with Crippen molar-refractivity contribution in [2.24, 2.45) is 0 Å². The Morgan fingerprint density at radius 3 is 2.19 bits per heavy atom. The van der Waals surface area contributed by atoms with Crippen molar-refractivity contribution in [1.29, 1.82) is 0 Å². The van der Waals surface area contributed by atoms with Crippen LogP contribution in [0.15, 0.2) is 67.3 Å². The van der Waals surface area contributed by atoms with Gasteiger partial charge in [-0.05, 0) is 59.6 Å². The van der Waals surface area contributed by atoms with Gasteiger partial charge in [-0.2, -0.15) is 0 Å². The van der Waals surface area contributed by atoms with Crippen LogP contribution in [0, 0.1) is 0 Å². The molecule has 0 aliphatic carbocycles. The van der Waals surface area contributed by atoms with Crippen molar-refractivity contribution in [1.82, 2.24) is 0 Å². The Labute approximate surface area is 136 Å². The Bertz CT molecular complexity index is 525. The van der Waals surface area contributed by atoms with E-state index in [0.29, 0.717) is 11.8 Å². The fourth-order valence-corrected chi connectivity index (χ4v) is 2.45. The molecule has 1 unspecified atom stereocenters. The van der Waals surface area contributed by atoms with Gasteiger partial charge < -0.3 is 4.74 Å². The number of allylic oxidation sites excluding steroid dienone is 1. The fourth-order valence-electron chi connectivity index (χ4n) is 2.19. The maximum Gasteiger partial charge on any atom is 0.127 e. The monoisotopic (exact) mass is 318 g/mol. The predicted molar refractivity (Wildman–Crippen MR) is 97.2 cm³/mol. The van der Waals surface area contributed by atoms with Gasteiger partial charge in [-0.3, -0.25) is 0 Å². The van der Waals surface area contributed by atoms with Gasteiger partial charge in [0.2, 0.25) is 0 Å². The maximum absolute atomic E-state index is 5.86. The summed E-state index contributed by atoms with van der Waals surface area (Å²) < 4.78 is 5.79. The van der Waals surface area contributed by atoms with Crippen molar-refractivity contribution in [3.63, 3.8) is 0 Å². The first-order chi connectivity index (χ1) is 9.83. The second-order valence-electron chi connectivity index (χ2n) is 4.68. The topological polar surface area (TPSA) is 9.23 Å². The summed E-state index contributed by atoms with van der Waals surface area (Å²) in [4.78, 5) is 0. The molecule has 0 aliphatic rings. The lowest BCUT2D eigenvalue weighted by Gasteiger charge is -2.14. The number of hydrogen-bond donors (Lipinski definition) is 0. The molecule has 2 aromatic rings. The van der Waals surface area contributed by atoms with Crippen molar-refractivity contribution in [3.05, 3.63) is 72.8 Å². The molecule has 0 spiro atoms. The van der Waals surface area contributed by atoms with E-state index in [1.54, 1.807) is 0 Å². The molecule has 0 heterocycles. The Morgan fingerprint density at radius 2 is 1.62 bits per heavy atom. The Balaban J connectivity index is 0.00000220. The van der Waals surface area contributed by atoms with Crippen LogP contribution in [0.1, 0.15) is 24.3 Å². The zero-order valence-electron chi connectivity index (χ0n) is 11.5. The molecule has 2 aromatic carbocycles. The molecule has 2 rings (SSSR count). The molecule has 0 amide bonds. The van der Waals surface area contributed by atoms with E-state index in [0.717, 1.165) is 24.3 Å². The SMILES string of the molecule is C=CCC(CCCl)c1ccc(Oc2ccccc2)cc1.[SiH4]. The van der Waals surface area contributed by atoms with Crippen LogP contribution >= 0.6 is 11.6 Å². The first kappa shape index (κ1) is 17.5. The normalized spacial score (nSPS) is 11.3. The average Bonchev–Trinajstić information content (AvgIpc) is 2.49. The lowest BCUT2D eigenvalue weighted by Crippen LogP contribution is -1.98. The lowest BCUT2D eigenvalue weighted by molar-refractivity contribution is 0.482. The second kappa shape index (κ2) is 9.43. The quantitative estimate of drug-likeness (QED) is 0.420. The minimum Gasteiger partial charge on any atom is -0.457 e. The predicted octanol–water partition coefficient (Wildman–Crippen LogP) is 4.32. The van der Waals surface area contributed by atoms with Gasteiger partial charge in [0, 0.05) is 5.88 Å². The third-order valence-corrected chi connectivity index (χ3v) is 3.46. The summed E-state index contributed by atoms with van der Waals surface area (Å²) in [6.07, 6.45) is 3.86. The highest BCUT2D eigenvalue weighted by atomic mass is 35.5. The third-order valence-electron chi connectivity index (χ3n) is 3.24. The Morgan fingerprint density at radius 1 is 1.00 bits per heavy atom. The average molecular weight is 319 g/mol. The van der Waals surface area contributed by atoms with Crippen molar-refractivity contribution >= 4 is 22.6 Å². The van der Waals surface area contributed by atoms with Crippen LogP contribution in [0.5, 0.6) is 11.5 Å². The molecule has 0 aliphatic heterocycles. The molecular weight excluding hydrogens is 296 g/mol. The fraction of sp³-hybridized carbons (Fsp3) is 0.222. The molecule has 0 aromatic heterocycles. The Hall–Kier alpha value is -1.51. The molecule has 0 radical (unpaired) electrons. The summed E-state index contributed by atoms with van der Waals surface area (Å²) in [5, 5.41) is 0. The zero-order valence-corrected chi connectivity index (χ0v) is 12.2. The van der Waals surface area contributed by atoms with Gasteiger partial charge in [0.15, 0.2) is 0 Å². The molecule has 0 fully saturated rings. The maximum atomic E-state index is 5.86. The highest BCUT2D eigenvalue weighted by molar-refractivity contribution is 6.17. The molecule has 1 atom stereocenters. The van der Waals surface area contributed by atoms with Crippen LogP contribution in [0.25, 0.3) is 0 Å². The molecule has 21 heavy (non-hydrogen) atoms. The molecule has 3 heteroatoms. The zero-order chi connectivity index (χ0) is 14.2. The molecule has 0 saturated heterocycles. The van der Waals surface area contributed by atoms with Gasteiger partial charge in [-0.1, -0.05) is 36.4 Å². The molecule has 0 bridgehead atoms. The van der Waals surface area contributed by atoms with Crippen LogP contribution in [0.2, 0.25) is 0 Å². The third kappa shape index (κ3) is 5.41. The highest BCUT2D eigenvalue weighted by Gasteiger charge is 2.09. The van der Waals surface area contributed by atoms with E-state index in [1.165, 1.54) is 5.56 Å². The van der Waals surface area contributed by atoms with Crippen molar-refractivity contribution in [3.8, 4) is 11.5 Å². The number of halogens is 1. The van der Waals surface area contributed by atoms with Gasteiger partial charge in [0.1, 0.15) is 11.5 Å². The van der Waals surface area contributed by atoms with Gasteiger partial charge >= 0.3 is 0 Å². The first-order valence-corrected chi connectivity index (χ1v) is 7.36. The number of alkyl halides is 1. The van der Waals surface area contributed by atoms with Crippen LogP contribution in [-0.2, 0) is 0 Å². The van der Waals surface area contributed by atoms with E-state index in [9.17, 15) is 0 Å². The smallest absolute Gasteiger partial charge is 0.127 e. The van der Waals surface area contributed by atoms with Crippen LogP contribution in [0.3, 0.4) is 0 Å². The number of para-hydroxylation sites is 1. The number of benzene rings is 2. The summed E-state index contributed by atoms with van der Waals surface area (Å²) in [6, 6.07) is 18.0. The molecular formula is C18H23ClOSi. The van der Waals surface area contributed by atoms with Crippen molar-refractivity contribution < 1.29 is 4.74 Å². The van der Waals surface area contributed by atoms with Gasteiger partial charge in [0.25, 0.3) is 0 Å². The summed E-state index contributed by atoms with van der Waals surface area (Å²) in [6.45, 7) is 3.81. The number of hydrogen-bond acceptors (Lipinski definition) is 1. The van der Waals surface area contributed by atoms with Crippen molar-refractivity contribution in [2.75, 3.05) is 5.88 Å². The largest absolute Gasteiger partial charge is 0.457 e. The van der Waals surface area contributed by atoms with E-state index in [2.05, 4.69) is 18.7 Å². The number of rotatable bonds is 7. The van der Waals surface area contributed by atoms with Gasteiger partial charge in [-0.25, -0.2) is 0 Å². The summed E-state index contributed by atoms with van der Waals surface area (Å²) in [5.41, 5.74) is 1.28. The van der Waals surface area contributed by atoms with E-state index >= 15 is 0 Å². The minimum atomic E-state index is 0. The van der Waals surface area contributed by atoms with Crippen molar-refractivity contribution in [2.45, 2.75) is 18.8 Å².